The molecule has 1 aromatic heterocycles. The number of nitrogens with two attached hydrogens (primary N) is 1. The maximum absolute atomic E-state index is 14.3. The zero-order valence-corrected chi connectivity index (χ0v) is 38.1. The van der Waals surface area contributed by atoms with Crippen molar-refractivity contribution >= 4 is 74.3 Å². The number of carboxylic acids is 3. The van der Waals surface area contributed by atoms with Crippen LogP contribution in [0, 0.1) is 5.82 Å². The maximum Gasteiger partial charge on any atom is 0.305 e. The van der Waals surface area contributed by atoms with Gasteiger partial charge in [0, 0.05) is 42.8 Å². The number of H-pyrrole nitrogens is 1. The smallest absolute Gasteiger partial charge is 0.305 e. The van der Waals surface area contributed by atoms with Crippen LogP contribution in [0.15, 0.2) is 83.9 Å². The van der Waals surface area contributed by atoms with Gasteiger partial charge in [-0.1, -0.05) is 56.3 Å². The van der Waals surface area contributed by atoms with Crippen molar-refractivity contribution in [3.8, 4) is 0 Å². The molecule has 0 spiro atoms. The molecule has 69 heavy (non-hydrogen) atoms. The van der Waals surface area contributed by atoms with Crippen molar-refractivity contribution in [3.63, 3.8) is 0 Å². The van der Waals surface area contributed by atoms with Crippen molar-refractivity contribution in [3.05, 3.63) is 102 Å². The number of primary amides is 1. The highest BCUT2D eigenvalue weighted by molar-refractivity contribution is 7.89. The number of rotatable bonds is 27. The molecule has 0 radical (unpaired) electrons. The molecule has 5 unspecified atom stereocenters. The summed E-state index contributed by atoms with van der Waals surface area (Å²) in [6.45, 7) is 2.81. The Kier molecular flexibility index (Phi) is 19.4. The summed E-state index contributed by atoms with van der Waals surface area (Å²) in [6.07, 6.45) is -2.41. The van der Waals surface area contributed by atoms with E-state index in [4.69, 9.17) is 5.73 Å². The number of nitrogens with one attached hydrogen (secondary N) is 7. The second kappa shape index (κ2) is 24.9. The van der Waals surface area contributed by atoms with E-state index in [0.717, 1.165) is 17.7 Å². The van der Waals surface area contributed by atoms with Crippen LogP contribution in [0.25, 0.3) is 10.9 Å². The van der Waals surface area contributed by atoms with Crippen molar-refractivity contribution in [2.24, 2.45) is 5.73 Å². The van der Waals surface area contributed by atoms with Gasteiger partial charge in [-0.05, 0) is 65.8 Å². The summed E-state index contributed by atoms with van der Waals surface area (Å²) in [4.78, 5) is 118. The number of aromatic nitrogens is 1. The highest BCUT2D eigenvalue weighted by Gasteiger charge is 2.33. The van der Waals surface area contributed by atoms with Crippen molar-refractivity contribution in [2.45, 2.75) is 99.8 Å². The van der Waals surface area contributed by atoms with Crippen LogP contribution in [0.3, 0.4) is 0 Å². The number of hydrogen-bond donors (Lipinski definition) is 11. The fraction of sp³-hybridized carbons (Fsp3) is 0.356. The molecule has 0 aliphatic heterocycles. The van der Waals surface area contributed by atoms with Crippen LogP contribution < -0.4 is 37.0 Å². The number of fused-ring (bicyclic) bond motifs is 1. The van der Waals surface area contributed by atoms with Gasteiger partial charge in [0.05, 0.1) is 17.9 Å². The highest BCUT2D eigenvalue weighted by atomic mass is 32.2. The van der Waals surface area contributed by atoms with Crippen molar-refractivity contribution in [1.82, 2.24) is 36.3 Å². The number of aliphatic carboxylic acids is 3. The van der Waals surface area contributed by atoms with E-state index < -0.39 is 138 Å². The fourth-order valence-corrected chi connectivity index (χ4v) is 8.13. The third-order valence-electron chi connectivity index (χ3n) is 10.6. The Morgan fingerprint density at radius 2 is 1.25 bits per heavy atom. The van der Waals surface area contributed by atoms with Crippen LogP contribution in [0.5, 0.6) is 0 Å². The van der Waals surface area contributed by atoms with Gasteiger partial charge >= 0.3 is 17.9 Å². The number of aromatic amines is 1. The molecule has 5 atom stereocenters. The first-order valence-electron chi connectivity index (χ1n) is 21.4. The quantitative estimate of drug-likeness (QED) is 0.0383. The van der Waals surface area contributed by atoms with E-state index >= 15 is 0 Å². The molecular formula is C45H53FN8O14S. The average molecular weight is 981 g/mol. The topological polar surface area (TPSA) is 362 Å². The molecule has 12 N–H and O–H groups in total. The van der Waals surface area contributed by atoms with Crippen LogP contribution >= 0.6 is 0 Å². The zero-order chi connectivity index (χ0) is 51.0. The Balaban J connectivity index is 1.55. The van der Waals surface area contributed by atoms with Crippen LogP contribution in [0.1, 0.15) is 68.6 Å². The minimum atomic E-state index is -4.53. The Labute approximate surface area is 394 Å². The molecule has 1 heterocycles. The van der Waals surface area contributed by atoms with Gasteiger partial charge < -0.3 is 52.6 Å². The number of carbonyl (C=O) groups is 9. The molecule has 0 aliphatic carbocycles. The summed E-state index contributed by atoms with van der Waals surface area (Å²) in [6, 6.07) is 9.13. The summed E-state index contributed by atoms with van der Waals surface area (Å²) in [5.41, 5.74) is 7.62. The van der Waals surface area contributed by atoms with Crippen LogP contribution in [-0.2, 0) is 66.0 Å². The molecule has 3 aromatic carbocycles. The predicted octanol–water partition coefficient (Wildman–Crippen LogP) is 0.308. The lowest BCUT2D eigenvalue weighted by atomic mass is 10.0. The number of para-hydroxylation sites is 1. The zero-order valence-electron chi connectivity index (χ0n) is 37.3. The Hall–Kier alpha value is -7.73. The lowest BCUT2D eigenvalue weighted by Gasteiger charge is -2.25. The second-order valence-corrected chi connectivity index (χ2v) is 17.9. The fourth-order valence-electron chi connectivity index (χ4n) is 6.93. The van der Waals surface area contributed by atoms with Crippen molar-refractivity contribution in [2.75, 3.05) is 6.54 Å². The molecule has 0 bridgehead atoms. The molecule has 24 heteroatoms. The number of hydrogen-bond acceptors (Lipinski definition) is 11. The molecule has 4 aromatic rings. The molecule has 6 amide bonds. The summed E-state index contributed by atoms with van der Waals surface area (Å²) in [7, 11) is -4.53. The monoisotopic (exact) mass is 980 g/mol. The number of amides is 6. The first-order chi connectivity index (χ1) is 32.5. The molecule has 4 rings (SSSR count). The van der Waals surface area contributed by atoms with Gasteiger partial charge in [-0.2, -0.15) is 4.72 Å². The van der Waals surface area contributed by atoms with Gasteiger partial charge in [0.15, 0.2) is 0 Å². The Bertz CT molecular complexity index is 2660. The minimum absolute atomic E-state index is 0.0475. The summed E-state index contributed by atoms with van der Waals surface area (Å²) in [5.74, 6) is -11.5. The summed E-state index contributed by atoms with van der Waals surface area (Å²) in [5, 5.41) is 40.4. The number of halogens is 1. The first kappa shape index (κ1) is 53.9. The van der Waals surface area contributed by atoms with E-state index in [0.29, 0.717) is 16.5 Å². The number of carboxylic acid groups (broad SMARTS) is 3. The molecule has 0 fully saturated rings. The van der Waals surface area contributed by atoms with Crippen molar-refractivity contribution in [1.29, 1.82) is 0 Å². The predicted molar refractivity (Wildman–Crippen MR) is 243 cm³/mol. The van der Waals surface area contributed by atoms with Crippen LogP contribution in [-0.4, -0.2) is 119 Å². The van der Waals surface area contributed by atoms with E-state index in [-0.39, 0.29) is 29.2 Å². The summed E-state index contributed by atoms with van der Waals surface area (Å²) >= 11 is 0. The van der Waals surface area contributed by atoms with E-state index in [2.05, 4.69) is 31.6 Å². The van der Waals surface area contributed by atoms with E-state index in [1.165, 1.54) is 36.4 Å². The maximum atomic E-state index is 14.3. The minimum Gasteiger partial charge on any atom is -0.481 e. The van der Waals surface area contributed by atoms with E-state index in [1.54, 1.807) is 30.5 Å². The normalized spacial score (nSPS) is 13.5. The molecule has 370 valence electrons. The van der Waals surface area contributed by atoms with Gasteiger partial charge in [-0.15, -0.1) is 0 Å². The largest absolute Gasteiger partial charge is 0.481 e. The Morgan fingerprint density at radius 3 is 1.84 bits per heavy atom. The SMILES string of the molecule is CC(C)c1ccc(S(=O)(=O)NC(CC(=O)O)C(=O)NC(CCC(=O)O)C(=O)NCC(=O)NC(Cc2cccc(F)c2)C(=O)NC(Cc2c[nH]c3ccccc23)C(=O)NC(CCC(=O)O)C(N)=O)cc1. The average Bonchev–Trinajstić information content (AvgIpc) is 3.69. The van der Waals surface area contributed by atoms with Crippen LogP contribution in [0.2, 0.25) is 0 Å². The third kappa shape index (κ3) is 16.8. The first-order valence-corrected chi connectivity index (χ1v) is 22.9. The molecule has 0 aliphatic rings. The third-order valence-corrected chi connectivity index (χ3v) is 12.1. The van der Waals surface area contributed by atoms with Gasteiger partial charge in [-0.25, -0.2) is 12.8 Å². The number of sulfonamides is 1. The van der Waals surface area contributed by atoms with E-state index in [1.807, 2.05) is 18.6 Å². The van der Waals surface area contributed by atoms with Gasteiger partial charge in [0.1, 0.15) is 36.0 Å². The Morgan fingerprint density at radius 1 is 0.667 bits per heavy atom. The van der Waals surface area contributed by atoms with Gasteiger partial charge in [0.2, 0.25) is 45.5 Å². The summed E-state index contributed by atoms with van der Waals surface area (Å²) < 4.78 is 42.8. The number of benzene rings is 3. The van der Waals surface area contributed by atoms with E-state index in [9.17, 15) is 71.3 Å². The van der Waals surface area contributed by atoms with Crippen molar-refractivity contribution < 1.29 is 71.3 Å². The molecule has 0 saturated heterocycles. The lowest BCUT2D eigenvalue weighted by Crippen LogP contribution is -2.58. The second-order valence-electron chi connectivity index (χ2n) is 16.2. The molecular weight excluding hydrogens is 928 g/mol. The highest BCUT2D eigenvalue weighted by Crippen LogP contribution is 2.21. The molecule has 0 saturated carbocycles. The molecule has 22 nitrogen and oxygen atoms in total. The number of carbonyl (C=O) groups excluding carboxylic acids is 6. The lowest BCUT2D eigenvalue weighted by molar-refractivity contribution is -0.140. The van der Waals surface area contributed by atoms with Gasteiger partial charge in [0.25, 0.3) is 0 Å². The van der Waals surface area contributed by atoms with Gasteiger partial charge in [-0.3, -0.25) is 43.2 Å². The van der Waals surface area contributed by atoms with Crippen LogP contribution in [0.4, 0.5) is 4.39 Å². The standard InChI is InChI=1S/C45H53FN8O14S/c1-24(2)26-10-12-29(13-11-26)69(67,68)54-36(21-40(60)61)45(66)52-33(15-17-39(58)59)42(63)49-23-37(55)50-34(19-25-6-5-7-28(46)18-25)43(64)53-35(20-27-22-48-31-9-4-3-8-30(27)31)44(65)51-32(41(47)62)14-16-38(56)57/h3-13,18,22,24,32-36,48,54H,14-17,19-21,23H2,1-2H3,(H2,47,62)(H,49,63)(H,50,55)(H,51,65)(H,52,66)(H,53,64)(H,56,57)(H,58,59)(H,60,61).